The molecule has 0 aliphatic heterocycles. The number of non-ortho nitro benzene ring substituents is 1. The fourth-order valence-corrected chi connectivity index (χ4v) is 5.53. The molecular weight excluding hydrogens is 450 g/mol. The molecule has 1 N–H and O–H groups in total. The lowest BCUT2D eigenvalue weighted by atomic mass is 10.1. The molecule has 0 saturated carbocycles. The molecule has 13 heteroatoms. The highest BCUT2D eigenvalue weighted by Crippen LogP contribution is 2.29. The summed E-state index contributed by atoms with van der Waals surface area (Å²) in [6.07, 6.45) is 1.32. The molecular formula is C17H23N5O5S3. The van der Waals surface area contributed by atoms with Crippen LogP contribution in [-0.2, 0) is 14.8 Å². The molecule has 0 radical (unpaired) electrons. The number of nitrogens with zero attached hydrogens (tertiary/aromatic N) is 4. The Morgan fingerprint density at radius 3 is 2.67 bits per heavy atom. The summed E-state index contributed by atoms with van der Waals surface area (Å²) < 4.78 is 26.4. The Labute approximate surface area is 183 Å². The first kappa shape index (κ1) is 24.0. The molecule has 1 heterocycles. The third-order valence-corrected chi connectivity index (χ3v) is 6.93. The number of carbonyl (C=O) groups is 1. The summed E-state index contributed by atoms with van der Waals surface area (Å²) in [6.45, 7) is 5.74. The maximum atomic E-state index is 12.3. The molecule has 30 heavy (non-hydrogen) atoms. The van der Waals surface area contributed by atoms with Gasteiger partial charge in [0, 0.05) is 30.3 Å². The van der Waals surface area contributed by atoms with Crippen LogP contribution < -0.4 is 9.62 Å². The third kappa shape index (κ3) is 6.92. The number of hydrogen-bond donors (Lipinski definition) is 1. The quantitative estimate of drug-likeness (QED) is 0.240. The number of rotatable bonds is 10. The molecule has 0 aliphatic carbocycles. The van der Waals surface area contributed by atoms with E-state index >= 15 is 0 Å². The fourth-order valence-electron chi connectivity index (χ4n) is 2.52. The first-order chi connectivity index (χ1) is 14.0. The SMILES string of the molecule is Cc1ccc([N+](=O)[O-])cc1N(CCCC(=O)Nc1nnc(SC(C)C)s1)S(C)(=O)=O. The van der Waals surface area contributed by atoms with Crippen LogP contribution in [-0.4, -0.2) is 47.5 Å². The van der Waals surface area contributed by atoms with Gasteiger partial charge in [-0.3, -0.25) is 19.2 Å². The largest absolute Gasteiger partial charge is 0.301 e. The molecule has 0 fully saturated rings. The Morgan fingerprint density at radius 1 is 1.37 bits per heavy atom. The first-order valence-electron chi connectivity index (χ1n) is 9.00. The minimum absolute atomic E-state index is 0.0127. The molecule has 164 valence electrons. The molecule has 2 aromatic rings. The Balaban J connectivity index is 2.02. The summed E-state index contributed by atoms with van der Waals surface area (Å²) in [7, 11) is -3.69. The van der Waals surface area contributed by atoms with Crippen LogP contribution in [0, 0.1) is 17.0 Å². The summed E-state index contributed by atoms with van der Waals surface area (Å²) >= 11 is 2.82. The maximum Gasteiger partial charge on any atom is 0.271 e. The fraction of sp³-hybridized carbons (Fsp3) is 0.471. The third-order valence-electron chi connectivity index (χ3n) is 3.83. The second-order valence-corrected chi connectivity index (χ2v) is 11.5. The first-order valence-corrected chi connectivity index (χ1v) is 12.5. The lowest BCUT2D eigenvalue weighted by Gasteiger charge is -2.23. The molecule has 1 amide bonds. The van der Waals surface area contributed by atoms with E-state index in [0.717, 1.165) is 14.9 Å². The van der Waals surface area contributed by atoms with Gasteiger partial charge in [-0.2, -0.15) is 0 Å². The standard InChI is InChI=1S/C17H23N5O5S3/c1-11(2)28-17-20-19-16(29-17)18-15(23)6-5-9-21(30(4,26)27)14-10-13(22(24)25)8-7-12(14)3/h7-8,10-11H,5-6,9H2,1-4H3,(H,18,19,23). The van der Waals surface area contributed by atoms with Crippen molar-refractivity contribution < 1.29 is 18.1 Å². The minimum atomic E-state index is -3.69. The number of carbonyl (C=O) groups excluding carboxylic acids is 1. The van der Waals surface area contributed by atoms with Crippen molar-refractivity contribution in [3.05, 3.63) is 33.9 Å². The normalized spacial score (nSPS) is 11.5. The molecule has 0 saturated heterocycles. The zero-order valence-corrected chi connectivity index (χ0v) is 19.4. The van der Waals surface area contributed by atoms with E-state index in [2.05, 4.69) is 15.5 Å². The van der Waals surface area contributed by atoms with Crippen LogP contribution in [0.15, 0.2) is 22.5 Å². The van der Waals surface area contributed by atoms with E-state index in [0.29, 0.717) is 15.9 Å². The number of thioether (sulfide) groups is 1. The van der Waals surface area contributed by atoms with E-state index in [-0.39, 0.29) is 36.7 Å². The van der Waals surface area contributed by atoms with Crippen LogP contribution in [0.2, 0.25) is 0 Å². The molecule has 0 atom stereocenters. The van der Waals surface area contributed by atoms with E-state index in [1.54, 1.807) is 18.7 Å². The molecule has 0 unspecified atom stereocenters. The maximum absolute atomic E-state index is 12.3. The molecule has 10 nitrogen and oxygen atoms in total. The van der Waals surface area contributed by atoms with E-state index in [1.807, 2.05) is 13.8 Å². The van der Waals surface area contributed by atoms with Gasteiger partial charge in [-0.25, -0.2) is 8.42 Å². The minimum Gasteiger partial charge on any atom is -0.301 e. The second kappa shape index (κ2) is 10.2. The lowest BCUT2D eigenvalue weighted by molar-refractivity contribution is -0.384. The number of amides is 1. The van der Waals surface area contributed by atoms with Crippen molar-refractivity contribution >= 4 is 55.5 Å². The number of aromatic nitrogens is 2. The van der Waals surface area contributed by atoms with Gasteiger partial charge in [0.1, 0.15) is 0 Å². The number of benzene rings is 1. The Morgan fingerprint density at radius 2 is 2.07 bits per heavy atom. The van der Waals surface area contributed by atoms with Crippen molar-refractivity contribution in [2.45, 2.75) is 43.2 Å². The highest BCUT2D eigenvalue weighted by molar-refractivity contribution is 8.01. The van der Waals surface area contributed by atoms with Crippen LogP contribution in [0.25, 0.3) is 0 Å². The molecule has 0 bridgehead atoms. The van der Waals surface area contributed by atoms with Gasteiger partial charge in [0.2, 0.25) is 21.1 Å². The Hall–Kier alpha value is -2.25. The van der Waals surface area contributed by atoms with Crippen molar-refractivity contribution in [1.82, 2.24) is 10.2 Å². The van der Waals surface area contributed by atoms with Gasteiger partial charge >= 0.3 is 0 Å². The number of nitro groups is 1. The molecule has 0 aliphatic rings. The van der Waals surface area contributed by atoms with Gasteiger partial charge in [0.15, 0.2) is 4.34 Å². The van der Waals surface area contributed by atoms with Crippen LogP contribution in [0.4, 0.5) is 16.5 Å². The molecule has 1 aromatic carbocycles. The van der Waals surface area contributed by atoms with Crippen LogP contribution in [0.5, 0.6) is 0 Å². The van der Waals surface area contributed by atoms with Gasteiger partial charge in [-0.05, 0) is 18.9 Å². The average molecular weight is 474 g/mol. The van der Waals surface area contributed by atoms with Gasteiger partial charge < -0.3 is 5.32 Å². The van der Waals surface area contributed by atoms with Gasteiger partial charge in [0.25, 0.3) is 5.69 Å². The Kier molecular flexibility index (Phi) is 8.15. The van der Waals surface area contributed by atoms with Gasteiger partial charge in [-0.15, -0.1) is 10.2 Å². The van der Waals surface area contributed by atoms with Crippen LogP contribution >= 0.6 is 23.1 Å². The molecule has 1 aromatic heterocycles. The van der Waals surface area contributed by atoms with E-state index in [1.165, 1.54) is 29.5 Å². The van der Waals surface area contributed by atoms with Gasteiger partial charge in [0.05, 0.1) is 16.9 Å². The number of nitro benzene ring substituents is 1. The summed E-state index contributed by atoms with van der Waals surface area (Å²) in [6, 6.07) is 4.05. The van der Waals surface area contributed by atoms with Crippen LogP contribution in [0.1, 0.15) is 32.3 Å². The summed E-state index contributed by atoms with van der Waals surface area (Å²) in [5, 5.41) is 22.4. The predicted molar refractivity (Wildman–Crippen MR) is 119 cm³/mol. The summed E-state index contributed by atoms with van der Waals surface area (Å²) in [5.74, 6) is -0.309. The van der Waals surface area contributed by atoms with Crippen molar-refractivity contribution in [2.24, 2.45) is 0 Å². The van der Waals surface area contributed by atoms with Crippen LogP contribution in [0.3, 0.4) is 0 Å². The van der Waals surface area contributed by atoms with Crippen molar-refractivity contribution in [1.29, 1.82) is 0 Å². The number of aryl methyl sites for hydroxylation is 1. The lowest BCUT2D eigenvalue weighted by Crippen LogP contribution is -2.32. The topological polar surface area (TPSA) is 135 Å². The monoisotopic (exact) mass is 473 g/mol. The zero-order chi connectivity index (χ0) is 22.5. The smallest absolute Gasteiger partial charge is 0.271 e. The highest BCUT2D eigenvalue weighted by Gasteiger charge is 2.22. The van der Waals surface area contributed by atoms with E-state index < -0.39 is 14.9 Å². The number of nitrogens with one attached hydrogen (secondary N) is 1. The second-order valence-electron chi connectivity index (χ2n) is 6.75. The number of anilines is 2. The molecule has 0 spiro atoms. The summed E-state index contributed by atoms with van der Waals surface area (Å²) in [4.78, 5) is 22.7. The van der Waals surface area contributed by atoms with E-state index in [4.69, 9.17) is 0 Å². The van der Waals surface area contributed by atoms with E-state index in [9.17, 15) is 23.3 Å². The summed E-state index contributed by atoms with van der Waals surface area (Å²) in [5.41, 5.74) is 0.611. The average Bonchev–Trinajstić information content (AvgIpc) is 3.04. The number of sulfonamides is 1. The van der Waals surface area contributed by atoms with Gasteiger partial charge in [-0.1, -0.05) is 43.0 Å². The molecule has 2 rings (SSSR count). The van der Waals surface area contributed by atoms with Crippen molar-refractivity contribution in [3.8, 4) is 0 Å². The predicted octanol–water partition coefficient (Wildman–Crippen LogP) is 3.44. The van der Waals surface area contributed by atoms with Crippen molar-refractivity contribution in [2.75, 3.05) is 22.4 Å². The Bertz CT molecular complexity index is 1020. The van der Waals surface area contributed by atoms with Crippen molar-refractivity contribution in [3.63, 3.8) is 0 Å². The highest BCUT2D eigenvalue weighted by atomic mass is 32.2. The number of hydrogen-bond acceptors (Lipinski definition) is 9. The zero-order valence-electron chi connectivity index (χ0n) is 17.0.